The van der Waals surface area contributed by atoms with Gasteiger partial charge in [-0.3, -0.25) is 4.79 Å². The third-order valence-corrected chi connectivity index (χ3v) is 7.13. The second kappa shape index (κ2) is 17.9. The average molecular weight is 628 g/mol. The van der Waals surface area contributed by atoms with Gasteiger partial charge in [0.25, 0.3) is 0 Å². The van der Waals surface area contributed by atoms with E-state index < -0.39 is 34.0 Å². The molecule has 1 aromatic heterocycles. The van der Waals surface area contributed by atoms with E-state index in [4.69, 9.17) is 20.0 Å². The molecule has 13 nitrogen and oxygen atoms in total. The molecule has 0 amide bonds. The number of carbonyl (C=O) groups excluding carboxylic acids is 1. The molecule has 0 saturated heterocycles. The maximum absolute atomic E-state index is 13.7. The monoisotopic (exact) mass is 627 g/mol. The van der Waals surface area contributed by atoms with E-state index in [0.717, 1.165) is 10.6 Å². The van der Waals surface area contributed by atoms with Gasteiger partial charge >= 0.3 is 5.97 Å². The number of aliphatic hydroxyl groups is 2. The van der Waals surface area contributed by atoms with Crippen molar-refractivity contribution in [2.45, 2.75) is 44.8 Å². The minimum absolute atomic E-state index is 0.0612. The summed E-state index contributed by atoms with van der Waals surface area (Å²) in [5.74, 6) is -1.42. The van der Waals surface area contributed by atoms with Gasteiger partial charge in [-0.15, -0.1) is 0 Å². The molecule has 0 aliphatic carbocycles. The lowest BCUT2D eigenvalue weighted by Crippen LogP contribution is -2.28. The molecule has 0 unspecified atom stereocenters. The fourth-order valence-corrected chi connectivity index (χ4v) is 4.11. The minimum Gasteiger partial charge on any atom is -0.392 e. The highest BCUT2D eigenvalue weighted by Crippen LogP contribution is 2.31. The summed E-state index contributed by atoms with van der Waals surface area (Å²) in [6.45, 7) is 5.91. The molecular formula is C28H42FN5O8S. The van der Waals surface area contributed by atoms with Crippen LogP contribution in [0.15, 0.2) is 30.3 Å². The summed E-state index contributed by atoms with van der Waals surface area (Å²) in [6, 6.07) is 5.53. The molecule has 15 heteroatoms. The molecule has 1 aromatic carbocycles. The number of sulfonamides is 1. The van der Waals surface area contributed by atoms with E-state index in [1.165, 1.54) is 37.4 Å². The lowest BCUT2D eigenvalue weighted by Gasteiger charge is -2.20. The third kappa shape index (κ3) is 12.6. The normalized spacial score (nSPS) is 13.4. The van der Waals surface area contributed by atoms with E-state index in [1.807, 2.05) is 13.8 Å². The summed E-state index contributed by atoms with van der Waals surface area (Å²) in [6.07, 6.45) is 1.12. The number of halogens is 1. The van der Waals surface area contributed by atoms with Gasteiger partial charge in [0.15, 0.2) is 0 Å². The molecule has 2 atom stereocenters. The number of ether oxygens (including phenoxy) is 2. The van der Waals surface area contributed by atoms with E-state index in [9.17, 15) is 27.8 Å². The number of nitrogens with zero attached hydrogens (tertiary/aromatic N) is 3. The summed E-state index contributed by atoms with van der Waals surface area (Å²) in [4.78, 5) is 25.8. The highest BCUT2D eigenvalue weighted by Gasteiger charge is 2.23. The quantitative estimate of drug-likeness (QED) is 0.130. The van der Waals surface area contributed by atoms with Gasteiger partial charge in [-0.2, -0.15) is 5.48 Å². The van der Waals surface area contributed by atoms with Crippen molar-refractivity contribution < 1.29 is 42.1 Å². The fraction of sp³-hybridized carbons (Fsp3) is 0.536. The molecule has 0 fully saturated rings. The van der Waals surface area contributed by atoms with Crippen molar-refractivity contribution in [3.05, 3.63) is 47.4 Å². The van der Waals surface area contributed by atoms with Crippen molar-refractivity contribution in [2.75, 3.05) is 57.1 Å². The van der Waals surface area contributed by atoms with Crippen LogP contribution >= 0.6 is 0 Å². The van der Waals surface area contributed by atoms with Crippen LogP contribution in [0.1, 0.15) is 43.9 Å². The third-order valence-electron chi connectivity index (χ3n) is 5.98. The number of benzene rings is 1. The Kier molecular flexibility index (Phi) is 15.1. The molecule has 1 heterocycles. The van der Waals surface area contributed by atoms with Gasteiger partial charge in [0.1, 0.15) is 5.82 Å². The predicted molar refractivity (Wildman–Crippen MR) is 160 cm³/mol. The first kappa shape index (κ1) is 36.1. The van der Waals surface area contributed by atoms with Crippen LogP contribution in [-0.4, -0.2) is 99.6 Å². The number of nitrogens with two attached hydrogens (primary N) is 1. The molecule has 0 aliphatic heterocycles. The van der Waals surface area contributed by atoms with Crippen molar-refractivity contribution >= 4 is 28.0 Å². The second-order valence-electron chi connectivity index (χ2n) is 9.97. The van der Waals surface area contributed by atoms with Gasteiger partial charge in [0, 0.05) is 31.1 Å². The molecular weight excluding hydrogens is 585 g/mol. The van der Waals surface area contributed by atoms with Gasteiger partial charge in [-0.1, -0.05) is 26.0 Å². The van der Waals surface area contributed by atoms with Crippen LogP contribution in [0.4, 0.5) is 10.3 Å². The largest absolute Gasteiger partial charge is 0.392 e. The molecule has 2 aromatic rings. The van der Waals surface area contributed by atoms with E-state index in [-0.39, 0.29) is 37.9 Å². The van der Waals surface area contributed by atoms with Gasteiger partial charge in [0.05, 0.1) is 69.2 Å². The Bertz CT molecular complexity index is 1290. The summed E-state index contributed by atoms with van der Waals surface area (Å²) < 4.78 is 49.5. The Morgan fingerprint density at radius 1 is 1.12 bits per heavy atom. The van der Waals surface area contributed by atoms with Crippen LogP contribution in [0, 0.1) is 5.82 Å². The van der Waals surface area contributed by atoms with Gasteiger partial charge in [-0.05, 0) is 30.2 Å². The fourth-order valence-electron chi connectivity index (χ4n) is 3.73. The van der Waals surface area contributed by atoms with Gasteiger partial charge in [0.2, 0.25) is 16.0 Å². The Balaban J connectivity index is 2.08. The Labute approximate surface area is 251 Å². The summed E-state index contributed by atoms with van der Waals surface area (Å²) >= 11 is 0. The van der Waals surface area contributed by atoms with Crippen molar-refractivity contribution in [3.63, 3.8) is 0 Å². The highest BCUT2D eigenvalue weighted by atomic mass is 32.2. The summed E-state index contributed by atoms with van der Waals surface area (Å²) in [5.41, 5.74) is 9.58. The molecule has 0 bridgehead atoms. The number of aliphatic hydroxyl groups excluding tert-OH is 2. The zero-order valence-electron chi connectivity index (χ0n) is 24.9. The number of hydrogen-bond acceptors (Lipinski definition) is 12. The molecule has 2 rings (SSSR count). The number of nitrogens with one attached hydrogen (secondary N) is 1. The van der Waals surface area contributed by atoms with Crippen LogP contribution in [0.3, 0.4) is 0 Å². The number of anilines is 1. The first-order valence-corrected chi connectivity index (χ1v) is 15.6. The topological polar surface area (TPSA) is 186 Å². The van der Waals surface area contributed by atoms with Crippen molar-refractivity contribution in [1.82, 2.24) is 15.4 Å². The van der Waals surface area contributed by atoms with Gasteiger partial charge in [-0.25, -0.2) is 27.1 Å². The maximum atomic E-state index is 13.7. The number of hydrogen-bond donors (Lipinski definition) is 4. The number of carbonyl (C=O) groups is 1. The molecule has 240 valence electrons. The maximum Gasteiger partial charge on any atom is 0.327 e. The Morgan fingerprint density at radius 2 is 1.77 bits per heavy atom. The van der Waals surface area contributed by atoms with Gasteiger partial charge < -0.3 is 30.3 Å². The molecule has 0 aliphatic rings. The summed E-state index contributed by atoms with van der Waals surface area (Å²) in [7, 11) is -2.34. The molecule has 5 N–H and O–H groups in total. The second-order valence-corrected chi connectivity index (χ2v) is 12.0. The molecule has 0 spiro atoms. The summed E-state index contributed by atoms with van der Waals surface area (Å²) in [5, 5.41) is 20.9. The number of hydroxylamine groups is 1. The minimum atomic E-state index is -3.67. The zero-order chi connectivity index (χ0) is 32.0. The Morgan fingerprint density at radius 3 is 2.37 bits per heavy atom. The SMILES string of the molecule is CC(C)c1nc(N(C)S(C)(=O)=O)nc(-c2ccc(F)cc2)c1/C=C/[C@@H](O)C[C@@H](O)CC(=O)ONCCOCCOCCN. The predicted octanol–water partition coefficient (Wildman–Crippen LogP) is 1.36. The van der Waals surface area contributed by atoms with E-state index in [2.05, 4.69) is 15.4 Å². The van der Waals surface area contributed by atoms with Crippen molar-refractivity contribution in [3.8, 4) is 11.3 Å². The Hall–Kier alpha value is -3.05. The first-order chi connectivity index (χ1) is 20.3. The van der Waals surface area contributed by atoms with Crippen molar-refractivity contribution in [1.29, 1.82) is 0 Å². The van der Waals surface area contributed by atoms with E-state index in [0.29, 0.717) is 48.9 Å². The smallest absolute Gasteiger partial charge is 0.327 e. The number of aromatic nitrogens is 2. The van der Waals surface area contributed by atoms with Crippen LogP contribution in [-0.2, 0) is 29.1 Å². The van der Waals surface area contributed by atoms with Crippen LogP contribution in [0.25, 0.3) is 17.3 Å². The van der Waals surface area contributed by atoms with Crippen LogP contribution in [0.5, 0.6) is 0 Å². The zero-order valence-corrected chi connectivity index (χ0v) is 25.7. The first-order valence-electron chi connectivity index (χ1n) is 13.8. The van der Waals surface area contributed by atoms with Crippen LogP contribution in [0.2, 0.25) is 0 Å². The van der Waals surface area contributed by atoms with E-state index >= 15 is 0 Å². The van der Waals surface area contributed by atoms with Crippen molar-refractivity contribution in [2.24, 2.45) is 5.73 Å². The average Bonchev–Trinajstić information content (AvgIpc) is 2.94. The molecule has 43 heavy (non-hydrogen) atoms. The van der Waals surface area contributed by atoms with E-state index in [1.54, 1.807) is 6.08 Å². The lowest BCUT2D eigenvalue weighted by atomic mass is 9.97. The number of rotatable bonds is 19. The lowest BCUT2D eigenvalue weighted by molar-refractivity contribution is -0.154. The standard InChI is InChI=1S/C28H42FN5O8S/c1-19(2)26-24(27(20-5-7-21(29)8-6-20)33-28(32-26)34(3)43(4,38)39)10-9-22(35)17-23(36)18-25(37)42-31-12-14-41-16-15-40-13-11-30/h5-10,19,22-23,31,35-36H,11-18,30H2,1-4H3/b10-9+/t22-,23-/m1/s1. The molecule has 0 radical (unpaired) electrons. The van der Waals surface area contributed by atoms with Crippen LogP contribution < -0.4 is 15.5 Å². The molecule has 0 saturated carbocycles. The highest BCUT2D eigenvalue weighted by molar-refractivity contribution is 7.92.